The molecule has 144 valence electrons. The number of nitrogens with one attached hydrogen (secondary N) is 1. The number of carbonyl (C=O) groups is 2. The van der Waals surface area contributed by atoms with Crippen LogP contribution in [-0.4, -0.2) is 44.3 Å². The molecule has 27 heavy (non-hydrogen) atoms. The summed E-state index contributed by atoms with van der Waals surface area (Å²) in [4.78, 5) is 27.4. The highest BCUT2D eigenvalue weighted by molar-refractivity contribution is 7.89. The molecule has 0 saturated carbocycles. The van der Waals surface area contributed by atoms with E-state index in [2.05, 4.69) is 5.32 Å². The third-order valence-electron chi connectivity index (χ3n) is 4.51. The highest BCUT2D eigenvalue weighted by Gasteiger charge is 2.34. The van der Waals surface area contributed by atoms with Crippen molar-refractivity contribution in [1.82, 2.24) is 10.2 Å². The van der Waals surface area contributed by atoms with Crippen LogP contribution in [0.3, 0.4) is 0 Å². The maximum Gasteiger partial charge on any atom is 0.264 e. The Labute approximate surface area is 162 Å². The van der Waals surface area contributed by atoms with Gasteiger partial charge in [-0.25, -0.2) is 13.6 Å². The molecular weight excluding hydrogens is 386 g/mol. The SMILES string of the molecule is NS(=O)(=O)c1ccc(CCNC(=O)C2CCCN2C(=O)c2cccs2)cc1. The fourth-order valence-electron chi connectivity index (χ4n) is 3.12. The highest BCUT2D eigenvalue weighted by atomic mass is 32.2. The molecule has 2 heterocycles. The monoisotopic (exact) mass is 407 g/mol. The fourth-order valence-corrected chi connectivity index (χ4v) is 4.31. The molecule has 0 radical (unpaired) electrons. The minimum absolute atomic E-state index is 0.0592. The summed E-state index contributed by atoms with van der Waals surface area (Å²) < 4.78 is 22.5. The summed E-state index contributed by atoms with van der Waals surface area (Å²) in [7, 11) is -3.70. The van der Waals surface area contributed by atoms with Crippen molar-refractivity contribution in [3.05, 3.63) is 52.2 Å². The molecule has 3 N–H and O–H groups in total. The fraction of sp³-hybridized carbons (Fsp3) is 0.333. The Bertz CT molecular complexity index is 909. The van der Waals surface area contributed by atoms with Gasteiger partial charge in [0.05, 0.1) is 9.77 Å². The summed E-state index contributed by atoms with van der Waals surface area (Å²) in [5.74, 6) is -0.250. The molecule has 1 saturated heterocycles. The summed E-state index contributed by atoms with van der Waals surface area (Å²) in [6.45, 7) is 0.995. The van der Waals surface area contributed by atoms with Crippen LogP contribution in [0.5, 0.6) is 0 Å². The number of thiophene rings is 1. The van der Waals surface area contributed by atoms with Crippen molar-refractivity contribution in [1.29, 1.82) is 0 Å². The largest absolute Gasteiger partial charge is 0.354 e. The first-order valence-corrected chi connectivity index (χ1v) is 11.0. The van der Waals surface area contributed by atoms with Gasteiger partial charge < -0.3 is 10.2 Å². The second-order valence-corrected chi connectivity index (χ2v) is 8.87. The molecule has 2 amide bonds. The maximum absolute atomic E-state index is 12.5. The van der Waals surface area contributed by atoms with Gasteiger partial charge in [0.2, 0.25) is 15.9 Å². The summed E-state index contributed by atoms with van der Waals surface area (Å²) in [5.41, 5.74) is 0.889. The molecule has 1 aliphatic heterocycles. The molecule has 0 bridgehead atoms. The van der Waals surface area contributed by atoms with Crippen molar-refractivity contribution < 1.29 is 18.0 Å². The van der Waals surface area contributed by atoms with Crippen molar-refractivity contribution >= 4 is 33.2 Å². The van der Waals surface area contributed by atoms with Gasteiger partial charge >= 0.3 is 0 Å². The van der Waals surface area contributed by atoms with E-state index in [0.717, 1.165) is 12.0 Å². The lowest BCUT2D eigenvalue weighted by molar-refractivity contribution is -0.124. The van der Waals surface area contributed by atoms with Gasteiger partial charge in [0.1, 0.15) is 6.04 Å². The van der Waals surface area contributed by atoms with Crippen LogP contribution in [0.4, 0.5) is 0 Å². The number of nitrogens with zero attached hydrogens (tertiary/aromatic N) is 1. The maximum atomic E-state index is 12.5. The zero-order valence-corrected chi connectivity index (χ0v) is 16.3. The molecule has 7 nitrogen and oxygen atoms in total. The zero-order chi connectivity index (χ0) is 19.4. The van der Waals surface area contributed by atoms with Gasteiger partial charge in [-0.2, -0.15) is 0 Å². The van der Waals surface area contributed by atoms with Gasteiger partial charge in [0.25, 0.3) is 5.91 Å². The van der Waals surface area contributed by atoms with E-state index in [0.29, 0.717) is 30.8 Å². The van der Waals surface area contributed by atoms with Gasteiger partial charge in [-0.1, -0.05) is 18.2 Å². The summed E-state index contributed by atoms with van der Waals surface area (Å²) in [6, 6.07) is 9.40. The third kappa shape index (κ3) is 4.74. The lowest BCUT2D eigenvalue weighted by Crippen LogP contribution is -2.46. The second kappa shape index (κ2) is 8.20. The van der Waals surface area contributed by atoms with Crippen LogP contribution in [0.2, 0.25) is 0 Å². The van der Waals surface area contributed by atoms with Crippen LogP contribution in [0.25, 0.3) is 0 Å². The number of amides is 2. The van der Waals surface area contributed by atoms with E-state index in [-0.39, 0.29) is 16.7 Å². The van der Waals surface area contributed by atoms with E-state index >= 15 is 0 Å². The van der Waals surface area contributed by atoms with E-state index in [1.54, 1.807) is 23.1 Å². The van der Waals surface area contributed by atoms with Crippen LogP contribution < -0.4 is 10.5 Å². The third-order valence-corrected chi connectivity index (χ3v) is 6.30. The Morgan fingerprint density at radius 1 is 1.22 bits per heavy atom. The van der Waals surface area contributed by atoms with Crippen LogP contribution in [-0.2, 0) is 21.2 Å². The lowest BCUT2D eigenvalue weighted by Gasteiger charge is -2.23. The van der Waals surface area contributed by atoms with Gasteiger partial charge in [-0.3, -0.25) is 9.59 Å². The average Bonchev–Trinajstić information content (AvgIpc) is 3.32. The molecule has 3 rings (SSSR count). The van der Waals surface area contributed by atoms with Crippen molar-refractivity contribution in [2.24, 2.45) is 5.14 Å². The first-order chi connectivity index (χ1) is 12.9. The number of rotatable bonds is 6. The first kappa shape index (κ1) is 19.5. The van der Waals surface area contributed by atoms with Crippen LogP contribution in [0.15, 0.2) is 46.7 Å². The number of benzene rings is 1. The molecule has 0 aliphatic carbocycles. The van der Waals surface area contributed by atoms with Crippen LogP contribution in [0.1, 0.15) is 28.1 Å². The number of hydrogen-bond acceptors (Lipinski definition) is 5. The lowest BCUT2D eigenvalue weighted by atomic mass is 10.1. The number of carbonyl (C=O) groups excluding carboxylic acids is 2. The van der Waals surface area contributed by atoms with Crippen molar-refractivity contribution in [3.8, 4) is 0 Å². The molecule has 0 spiro atoms. The topological polar surface area (TPSA) is 110 Å². The minimum Gasteiger partial charge on any atom is -0.354 e. The number of hydrogen-bond donors (Lipinski definition) is 2. The molecule has 1 unspecified atom stereocenters. The van der Waals surface area contributed by atoms with Gasteiger partial charge in [0.15, 0.2) is 0 Å². The molecule has 1 aliphatic rings. The second-order valence-electron chi connectivity index (χ2n) is 6.36. The number of sulfonamides is 1. The molecule has 9 heteroatoms. The predicted octanol–water partition coefficient (Wildman–Crippen LogP) is 1.36. The van der Waals surface area contributed by atoms with Gasteiger partial charge in [-0.05, 0) is 48.4 Å². The van der Waals surface area contributed by atoms with E-state index in [1.807, 2.05) is 11.4 Å². The van der Waals surface area contributed by atoms with Crippen LogP contribution >= 0.6 is 11.3 Å². The Kier molecular flexibility index (Phi) is 5.93. The minimum atomic E-state index is -3.70. The Hall–Kier alpha value is -2.23. The van der Waals surface area contributed by atoms with Crippen molar-refractivity contribution in [3.63, 3.8) is 0 Å². The smallest absolute Gasteiger partial charge is 0.264 e. The number of likely N-dealkylation sites (tertiary alicyclic amines) is 1. The number of primary sulfonamides is 1. The Morgan fingerprint density at radius 2 is 1.96 bits per heavy atom. The highest BCUT2D eigenvalue weighted by Crippen LogP contribution is 2.22. The molecule has 1 atom stereocenters. The zero-order valence-electron chi connectivity index (χ0n) is 14.6. The molecular formula is C18H21N3O4S2. The standard InChI is InChI=1S/C18H21N3O4S2/c19-27(24,25)14-7-5-13(6-8-14)9-10-20-17(22)15-3-1-11-21(15)18(23)16-4-2-12-26-16/h2,4-8,12,15H,1,3,9-11H2,(H,20,22)(H2,19,24,25). The average molecular weight is 408 g/mol. The van der Waals surface area contributed by atoms with Crippen molar-refractivity contribution in [2.45, 2.75) is 30.2 Å². The van der Waals surface area contributed by atoms with Gasteiger partial charge in [-0.15, -0.1) is 11.3 Å². The molecule has 2 aromatic rings. The van der Waals surface area contributed by atoms with E-state index < -0.39 is 16.1 Å². The van der Waals surface area contributed by atoms with E-state index in [1.165, 1.54) is 23.5 Å². The number of nitrogens with two attached hydrogens (primary N) is 1. The Morgan fingerprint density at radius 3 is 2.59 bits per heavy atom. The predicted molar refractivity (Wildman–Crippen MR) is 103 cm³/mol. The normalized spacial score (nSPS) is 17.1. The van der Waals surface area contributed by atoms with E-state index in [9.17, 15) is 18.0 Å². The molecule has 1 aromatic carbocycles. The first-order valence-electron chi connectivity index (χ1n) is 8.60. The molecule has 1 fully saturated rings. The summed E-state index contributed by atoms with van der Waals surface area (Å²) >= 11 is 1.37. The quantitative estimate of drug-likeness (QED) is 0.753. The van der Waals surface area contributed by atoms with E-state index in [4.69, 9.17) is 5.14 Å². The summed E-state index contributed by atoms with van der Waals surface area (Å²) in [6.07, 6.45) is 2.03. The molecule has 1 aromatic heterocycles. The summed E-state index contributed by atoms with van der Waals surface area (Å²) in [5, 5.41) is 9.80. The van der Waals surface area contributed by atoms with Crippen molar-refractivity contribution in [2.75, 3.05) is 13.1 Å². The van der Waals surface area contributed by atoms with Gasteiger partial charge in [0, 0.05) is 13.1 Å². The van der Waals surface area contributed by atoms with Crippen LogP contribution in [0, 0.1) is 0 Å². The Balaban J connectivity index is 1.53.